The highest BCUT2D eigenvalue weighted by Crippen LogP contribution is 2.41. The monoisotopic (exact) mass is 285 g/mol. The summed E-state index contributed by atoms with van der Waals surface area (Å²) in [6, 6.07) is 6.15. The third-order valence-corrected chi connectivity index (χ3v) is 4.85. The van der Waals surface area contributed by atoms with Crippen LogP contribution in [0.25, 0.3) is 11.0 Å². The molecule has 0 unspecified atom stereocenters. The van der Waals surface area contributed by atoms with Crippen LogP contribution in [0.4, 0.5) is 5.69 Å². The molecule has 114 valence electrons. The Labute approximate surface area is 127 Å². The third kappa shape index (κ3) is 2.78. The lowest BCUT2D eigenvalue weighted by atomic mass is 9.85. The second-order valence-electron chi connectivity index (χ2n) is 7.25. The Kier molecular flexibility index (Phi) is 3.68. The first-order valence-electron chi connectivity index (χ1n) is 8.23. The number of hydrogen-bond acceptors (Lipinski definition) is 2. The first-order valence-corrected chi connectivity index (χ1v) is 8.23. The van der Waals surface area contributed by atoms with E-state index in [2.05, 4.69) is 38.3 Å². The number of hydrogen-bond donors (Lipinski definition) is 1. The molecule has 0 saturated heterocycles. The predicted molar refractivity (Wildman–Crippen MR) is 89.3 cm³/mol. The van der Waals surface area contributed by atoms with E-state index < -0.39 is 0 Å². The Bertz CT molecular complexity index is 627. The predicted octanol–water partition coefficient (Wildman–Crippen LogP) is 4.42. The zero-order valence-corrected chi connectivity index (χ0v) is 13.6. The Balaban J connectivity index is 2.04. The quantitative estimate of drug-likeness (QED) is 0.826. The van der Waals surface area contributed by atoms with E-state index >= 15 is 0 Å². The summed E-state index contributed by atoms with van der Waals surface area (Å²) in [7, 11) is 0. The van der Waals surface area contributed by atoms with E-state index in [1.807, 2.05) is 12.1 Å². The summed E-state index contributed by atoms with van der Waals surface area (Å²) in [4.78, 5) is 4.89. The molecule has 2 aromatic rings. The number of nitrogens with two attached hydrogens (primary N) is 1. The number of anilines is 1. The molecule has 1 aliphatic rings. The highest BCUT2D eigenvalue weighted by molar-refractivity contribution is 5.79. The fourth-order valence-corrected chi connectivity index (χ4v) is 3.41. The molecule has 2 N–H and O–H groups in total. The third-order valence-electron chi connectivity index (χ3n) is 4.85. The van der Waals surface area contributed by atoms with Crippen LogP contribution in [0, 0.1) is 17.8 Å². The fourth-order valence-electron chi connectivity index (χ4n) is 3.41. The number of fused-ring (bicyclic) bond motifs is 1. The van der Waals surface area contributed by atoms with Gasteiger partial charge in [-0.05, 0) is 48.8 Å². The van der Waals surface area contributed by atoms with Gasteiger partial charge in [-0.25, -0.2) is 4.98 Å². The van der Waals surface area contributed by atoms with E-state index in [0.717, 1.165) is 17.7 Å². The van der Waals surface area contributed by atoms with Gasteiger partial charge in [0, 0.05) is 18.2 Å². The summed E-state index contributed by atoms with van der Waals surface area (Å²) >= 11 is 0. The Morgan fingerprint density at radius 2 is 1.86 bits per heavy atom. The second kappa shape index (κ2) is 5.36. The smallest absolute Gasteiger partial charge is 0.113 e. The average molecular weight is 285 g/mol. The first-order chi connectivity index (χ1) is 9.97. The number of rotatable bonds is 5. The van der Waals surface area contributed by atoms with Crippen LogP contribution in [0.5, 0.6) is 0 Å². The van der Waals surface area contributed by atoms with Crippen molar-refractivity contribution in [1.82, 2.24) is 9.55 Å². The largest absolute Gasteiger partial charge is 0.399 e. The van der Waals surface area contributed by atoms with E-state index in [9.17, 15) is 0 Å². The van der Waals surface area contributed by atoms with Crippen molar-refractivity contribution < 1.29 is 0 Å². The molecule has 1 fully saturated rings. The maximum absolute atomic E-state index is 5.92. The molecule has 3 rings (SSSR count). The Hall–Kier alpha value is -1.51. The van der Waals surface area contributed by atoms with Crippen molar-refractivity contribution in [2.75, 3.05) is 5.73 Å². The van der Waals surface area contributed by atoms with Crippen molar-refractivity contribution >= 4 is 16.7 Å². The van der Waals surface area contributed by atoms with E-state index in [4.69, 9.17) is 10.7 Å². The molecule has 1 aromatic carbocycles. The van der Waals surface area contributed by atoms with Crippen LogP contribution in [0.3, 0.4) is 0 Å². The lowest BCUT2D eigenvalue weighted by Gasteiger charge is -2.26. The summed E-state index contributed by atoms with van der Waals surface area (Å²) in [6.45, 7) is 10.4. The van der Waals surface area contributed by atoms with Gasteiger partial charge < -0.3 is 10.3 Å². The molecule has 1 aromatic heterocycles. The van der Waals surface area contributed by atoms with Crippen LogP contribution in [0.15, 0.2) is 18.2 Å². The molecule has 1 heterocycles. The highest BCUT2D eigenvalue weighted by Gasteiger charge is 2.31. The molecule has 0 spiro atoms. The van der Waals surface area contributed by atoms with Gasteiger partial charge in [0.25, 0.3) is 0 Å². The minimum atomic E-state index is 0.665. The minimum absolute atomic E-state index is 0.665. The van der Waals surface area contributed by atoms with Crippen LogP contribution in [0.1, 0.15) is 52.3 Å². The van der Waals surface area contributed by atoms with Gasteiger partial charge in [0.2, 0.25) is 0 Å². The molecule has 3 heteroatoms. The summed E-state index contributed by atoms with van der Waals surface area (Å²) in [5.74, 6) is 3.99. The Morgan fingerprint density at radius 3 is 2.43 bits per heavy atom. The molecule has 0 atom stereocenters. The van der Waals surface area contributed by atoms with Crippen molar-refractivity contribution in [3.63, 3.8) is 0 Å². The summed E-state index contributed by atoms with van der Waals surface area (Å²) in [6.07, 6.45) is 2.57. The zero-order chi connectivity index (χ0) is 15.1. The van der Waals surface area contributed by atoms with Crippen LogP contribution < -0.4 is 5.73 Å². The summed E-state index contributed by atoms with van der Waals surface area (Å²) in [5.41, 5.74) is 9.03. The molecule has 0 amide bonds. The van der Waals surface area contributed by atoms with Gasteiger partial charge in [-0.15, -0.1) is 0 Å². The lowest BCUT2D eigenvalue weighted by molar-refractivity contribution is 0.252. The molecular formula is C18H27N3. The average Bonchev–Trinajstić information content (AvgIpc) is 3.18. The topological polar surface area (TPSA) is 43.8 Å². The summed E-state index contributed by atoms with van der Waals surface area (Å²) < 4.78 is 2.47. The molecular weight excluding hydrogens is 258 g/mol. The van der Waals surface area contributed by atoms with Gasteiger partial charge >= 0.3 is 0 Å². The van der Waals surface area contributed by atoms with E-state index in [-0.39, 0.29) is 0 Å². The molecule has 0 aliphatic heterocycles. The van der Waals surface area contributed by atoms with Gasteiger partial charge in [-0.1, -0.05) is 27.7 Å². The van der Waals surface area contributed by atoms with Crippen molar-refractivity contribution in [3.8, 4) is 0 Å². The van der Waals surface area contributed by atoms with Crippen molar-refractivity contribution in [2.45, 2.75) is 53.0 Å². The number of imidazole rings is 1. The molecule has 3 nitrogen and oxygen atoms in total. The molecule has 1 saturated carbocycles. The highest BCUT2D eigenvalue weighted by atomic mass is 15.1. The standard InChI is InChI=1S/C18H27N3/c1-11(2)15(12(3)4)10-21-17-8-7-14(19)9-16(17)20-18(21)13-5-6-13/h7-9,11-13,15H,5-6,10,19H2,1-4H3. The number of nitrogen functional groups attached to an aromatic ring is 1. The lowest BCUT2D eigenvalue weighted by Crippen LogP contribution is -2.22. The van der Waals surface area contributed by atoms with E-state index in [1.54, 1.807) is 0 Å². The van der Waals surface area contributed by atoms with Crippen molar-refractivity contribution in [3.05, 3.63) is 24.0 Å². The number of nitrogens with zero attached hydrogens (tertiary/aromatic N) is 2. The molecule has 1 aliphatic carbocycles. The van der Waals surface area contributed by atoms with Crippen LogP contribution >= 0.6 is 0 Å². The van der Waals surface area contributed by atoms with Crippen molar-refractivity contribution in [1.29, 1.82) is 0 Å². The van der Waals surface area contributed by atoms with Crippen molar-refractivity contribution in [2.24, 2.45) is 17.8 Å². The van der Waals surface area contributed by atoms with Gasteiger partial charge in [0.15, 0.2) is 0 Å². The SMILES string of the molecule is CC(C)C(Cn1c(C2CC2)nc2cc(N)ccc21)C(C)C. The van der Waals surface area contributed by atoms with Gasteiger partial charge in [-0.2, -0.15) is 0 Å². The van der Waals surface area contributed by atoms with Crippen LogP contribution in [-0.2, 0) is 6.54 Å². The number of aromatic nitrogens is 2. The van der Waals surface area contributed by atoms with Crippen LogP contribution in [-0.4, -0.2) is 9.55 Å². The van der Waals surface area contributed by atoms with Crippen LogP contribution in [0.2, 0.25) is 0 Å². The first kappa shape index (κ1) is 14.4. The Morgan fingerprint density at radius 1 is 1.19 bits per heavy atom. The zero-order valence-electron chi connectivity index (χ0n) is 13.6. The maximum atomic E-state index is 5.92. The number of benzene rings is 1. The minimum Gasteiger partial charge on any atom is -0.399 e. The fraction of sp³-hybridized carbons (Fsp3) is 0.611. The van der Waals surface area contributed by atoms with Gasteiger partial charge in [0.05, 0.1) is 11.0 Å². The summed E-state index contributed by atoms with van der Waals surface area (Å²) in [5, 5.41) is 0. The maximum Gasteiger partial charge on any atom is 0.113 e. The molecule has 21 heavy (non-hydrogen) atoms. The van der Waals surface area contributed by atoms with E-state index in [0.29, 0.717) is 23.7 Å². The molecule has 0 bridgehead atoms. The second-order valence-corrected chi connectivity index (χ2v) is 7.25. The normalized spacial score (nSPS) is 15.8. The van der Waals surface area contributed by atoms with Gasteiger partial charge in [-0.3, -0.25) is 0 Å². The van der Waals surface area contributed by atoms with E-state index in [1.165, 1.54) is 24.2 Å². The molecule has 0 radical (unpaired) electrons. The van der Waals surface area contributed by atoms with Gasteiger partial charge in [0.1, 0.15) is 5.82 Å².